The number of hydrogen-bond acceptors (Lipinski definition) is 4. The number of phenols is 2. The number of nitrogens with one attached hydrogen (secondary N) is 1. The number of aromatic hydroxyl groups is 2. The summed E-state index contributed by atoms with van der Waals surface area (Å²) >= 11 is 0. The number of benzene rings is 1. The van der Waals surface area contributed by atoms with Crippen molar-refractivity contribution < 1.29 is 15.0 Å². The molecule has 2 amide bonds. The molecule has 1 aromatic rings. The van der Waals surface area contributed by atoms with Gasteiger partial charge in [-0.1, -0.05) is 13.8 Å². The van der Waals surface area contributed by atoms with Gasteiger partial charge in [-0.25, -0.2) is 4.79 Å². The maximum Gasteiger partial charge on any atom is 0.317 e. The van der Waals surface area contributed by atoms with Gasteiger partial charge in [-0.2, -0.15) is 0 Å². The number of carbonyl (C=O) groups excluding carboxylic acids is 1. The zero-order chi connectivity index (χ0) is 16.1. The normalized spacial score (nSPS) is 18.0. The largest absolute Gasteiger partial charge is 0.508 e. The van der Waals surface area contributed by atoms with Crippen molar-refractivity contribution in [2.45, 2.75) is 32.9 Å². The SMILES string of the molecule is CCN(CC)[C@H]1CCN(C(=O)NCc2ccc(O)cc2O)C1. The summed E-state index contributed by atoms with van der Waals surface area (Å²) < 4.78 is 0. The van der Waals surface area contributed by atoms with Crippen molar-refractivity contribution >= 4 is 6.03 Å². The molecule has 122 valence electrons. The van der Waals surface area contributed by atoms with Crippen LogP contribution in [-0.2, 0) is 6.54 Å². The van der Waals surface area contributed by atoms with Gasteiger partial charge < -0.3 is 20.4 Å². The minimum absolute atomic E-state index is 0.00850. The van der Waals surface area contributed by atoms with E-state index in [1.807, 2.05) is 4.90 Å². The quantitative estimate of drug-likeness (QED) is 0.774. The number of hydrogen-bond donors (Lipinski definition) is 3. The summed E-state index contributed by atoms with van der Waals surface area (Å²) in [6.07, 6.45) is 1.000. The van der Waals surface area contributed by atoms with Gasteiger partial charge in [0.05, 0.1) is 0 Å². The third-order valence-electron chi connectivity index (χ3n) is 4.28. The first-order valence-electron chi connectivity index (χ1n) is 7.82. The van der Waals surface area contributed by atoms with Gasteiger partial charge in [-0.3, -0.25) is 4.90 Å². The van der Waals surface area contributed by atoms with Gasteiger partial charge in [0.2, 0.25) is 0 Å². The van der Waals surface area contributed by atoms with Crippen molar-refractivity contribution in [3.05, 3.63) is 23.8 Å². The molecule has 1 atom stereocenters. The van der Waals surface area contributed by atoms with Crippen molar-refractivity contribution in [2.75, 3.05) is 26.2 Å². The highest BCUT2D eigenvalue weighted by Gasteiger charge is 2.28. The maximum absolute atomic E-state index is 12.2. The van der Waals surface area contributed by atoms with Gasteiger partial charge in [-0.05, 0) is 31.6 Å². The number of likely N-dealkylation sites (N-methyl/N-ethyl adjacent to an activating group) is 1. The molecule has 0 aliphatic carbocycles. The Hall–Kier alpha value is -1.95. The van der Waals surface area contributed by atoms with E-state index in [0.29, 0.717) is 11.6 Å². The zero-order valence-electron chi connectivity index (χ0n) is 13.2. The van der Waals surface area contributed by atoms with Crippen LogP contribution in [0.15, 0.2) is 18.2 Å². The number of amides is 2. The monoisotopic (exact) mass is 307 g/mol. The summed E-state index contributed by atoms with van der Waals surface area (Å²) in [6.45, 7) is 8.02. The van der Waals surface area contributed by atoms with Gasteiger partial charge in [0.25, 0.3) is 0 Å². The summed E-state index contributed by atoms with van der Waals surface area (Å²) in [7, 11) is 0. The van der Waals surface area contributed by atoms with Gasteiger partial charge in [0.1, 0.15) is 11.5 Å². The van der Waals surface area contributed by atoms with E-state index < -0.39 is 0 Å². The van der Waals surface area contributed by atoms with Crippen molar-refractivity contribution in [1.29, 1.82) is 0 Å². The van der Waals surface area contributed by atoms with Crippen molar-refractivity contribution in [1.82, 2.24) is 15.1 Å². The maximum atomic E-state index is 12.2. The van der Waals surface area contributed by atoms with Gasteiger partial charge in [-0.15, -0.1) is 0 Å². The Labute approximate surface area is 131 Å². The molecule has 1 aliphatic heterocycles. The second-order valence-corrected chi connectivity index (χ2v) is 5.58. The van der Waals surface area contributed by atoms with Crippen LogP contribution < -0.4 is 5.32 Å². The van der Waals surface area contributed by atoms with E-state index in [1.165, 1.54) is 12.1 Å². The fourth-order valence-corrected chi connectivity index (χ4v) is 2.95. The van der Waals surface area contributed by atoms with E-state index >= 15 is 0 Å². The van der Waals surface area contributed by atoms with Gasteiger partial charge in [0.15, 0.2) is 0 Å². The fourth-order valence-electron chi connectivity index (χ4n) is 2.95. The first kappa shape index (κ1) is 16.4. The van der Waals surface area contributed by atoms with Crippen molar-refractivity contribution in [3.63, 3.8) is 0 Å². The second kappa shape index (κ2) is 7.35. The molecule has 1 aliphatic rings. The molecule has 1 saturated heterocycles. The van der Waals surface area contributed by atoms with Crippen LogP contribution in [0.3, 0.4) is 0 Å². The average Bonchev–Trinajstić information content (AvgIpc) is 2.97. The summed E-state index contributed by atoms with van der Waals surface area (Å²) in [5, 5.41) is 21.8. The highest BCUT2D eigenvalue weighted by atomic mass is 16.3. The molecule has 1 heterocycles. The number of phenolic OH excluding ortho intramolecular Hbond substituents is 2. The number of urea groups is 1. The van der Waals surface area contributed by atoms with Crippen LogP contribution in [0.4, 0.5) is 4.79 Å². The number of likely N-dealkylation sites (tertiary alicyclic amines) is 1. The van der Waals surface area contributed by atoms with Crippen molar-refractivity contribution in [2.24, 2.45) is 0 Å². The highest BCUT2D eigenvalue weighted by molar-refractivity contribution is 5.74. The molecule has 1 fully saturated rings. The lowest BCUT2D eigenvalue weighted by Gasteiger charge is -2.26. The standard InChI is InChI=1S/C16H25N3O3/c1-3-18(4-2)13-7-8-19(11-13)16(22)17-10-12-5-6-14(20)9-15(12)21/h5-6,9,13,20-21H,3-4,7-8,10-11H2,1-2H3,(H,17,22)/t13-/m0/s1. The Bertz CT molecular complexity index is 517. The molecular formula is C16H25N3O3. The van der Waals surface area contributed by atoms with Crippen LogP contribution in [0.1, 0.15) is 25.8 Å². The molecule has 0 aromatic heterocycles. The predicted molar refractivity (Wildman–Crippen MR) is 84.9 cm³/mol. The molecule has 1 aromatic carbocycles. The Morgan fingerprint density at radius 2 is 2.09 bits per heavy atom. The molecule has 22 heavy (non-hydrogen) atoms. The second-order valence-electron chi connectivity index (χ2n) is 5.58. The number of nitrogens with zero attached hydrogens (tertiary/aromatic N) is 2. The molecule has 0 radical (unpaired) electrons. The van der Waals surface area contributed by atoms with Crippen LogP contribution in [0.2, 0.25) is 0 Å². The van der Waals surface area contributed by atoms with E-state index in [1.54, 1.807) is 6.07 Å². The molecule has 0 saturated carbocycles. The lowest BCUT2D eigenvalue weighted by atomic mass is 10.2. The Kier molecular flexibility index (Phi) is 5.49. The zero-order valence-corrected chi connectivity index (χ0v) is 13.2. The number of rotatable bonds is 5. The summed E-state index contributed by atoms with van der Waals surface area (Å²) in [4.78, 5) is 16.4. The van der Waals surface area contributed by atoms with E-state index in [-0.39, 0.29) is 24.1 Å². The van der Waals surface area contributed by atoms with Gasteiger partial charge >= 0.3 is 6.03 Å². The molecule has 6 heteroatoms. The summed E-state index contributed by atoms with van der Waals surface area (Å²) in [6, 6.07) is 4.69. The Balaban J connectivity index is 1.85. The van der Waals surface area contributed by atoms with E-state index in [2.05, 4.69) is 24.1 Å². The van der Waals surface area contributed by atoms with E-state index in [9.17, 15) is 15.0 Å². The first-order valence-corrected chi connectivity index (χ1v) is 7.82. The average molecular weight is 307 g/mol. The molecule has 0 bridgehead atoms. The van der Waals surface area contributed by atoms with Crippen LogP contribution in [0.5, 0.6) is 11.5 Å². The fraction of sp³-hybridized carbons (Fsp3) is 0.562. The van der Waals surface area contributed by atoms with Crippen molar-refractivity contribution in [3.8, 4) is 11.5 Å². The molecular weight excluding hydrogens is 282 g/mol. The van der Waals surface area contributed by atoms with Crippen LogP contribution in [0, 0.1) is 0 Å². The third-order valence-corrected chi connectivity index (χ3v) is 4.28. The first-order chi connectivity index (χ1) is 10.5. The summed E-state index contributed by atoms with van der Waals surface area (Å²) in [5.74, 6) is -0.00285. The molecule has 6 nitrogen and oxygen atoms in total. The minimum Gasteiger partial charge on any atom is -0.508 e. The topological polar surface area (TPSA) is 76.0 Å². The predicted octanol–water partition coefficient (Wildman–Crippen LogP) is 1.72. The number of carbonyl (C=O) groups is 1. The van der Waals surface area contributed by atoms with Gasteiger partial charge in [0, 0.05) is 37.3 Å². The molecule has 2 rings (SSSR count). The third kappa shape index (κ3) is 3.82. The van der Waals surface area contributed by atoms with E-state index in [0.717, 1.165) is 32.6 Å². The Morgan fingerprint density at radius 3 is 2.73 bits per heavy atom. The van der Waals surface area contributed by atoms with Crippen LogP contribution >= 0.6 is 0 Å². The highest BCUT2D eigenvalue weighted by Crippen LogP contribution is 2.22. The van der Waals surface area contributed by atoms with Crippen LogP contribution in [0.25, 0.3) is 0 Å². The molecule has 0 spiro atoms. The lowest BCUT2D eigenvalue weighted by Crippen LogP contribution is -2.42. The minimum atomic E-state index is -0.109. The molecule has 0 unspecified atom stereocenters. The summed E-state index contributed by atoms with van der Waals surface area (Å²) in [5.41, 5.74) is 0.589. The molecule has 3 N–H and O–H groups in total. The Morgan fingerprint density at radius 1 is 1.36 bits per heavy atom. The smallest absolute Gasteiger partial charge is 0.317 e. The van der Waals surface area contributed by atoms with Crippen LogP contribution in [-0.4, -0.2) is 58.3 Å². The lowest BCUT2D eigenvalue weighted by molar-refractivity contribution is 0.192. The van der Waals surface area contributed by atoms with E-state index in [4.69, 9.17) is 0 Å².